The van der Waals surface area contributed by atoms with Crippen molar-refractivity contribution in [3.05, 3.63) is 165 Å². The fraction of sp³-hybridized carbons (Fsp3) is 0.267. The average Bonchev–Trinajstić information content (AvgIpc) is 3.69. The van der Waals surface area contributed by atoms with Gasteiger partial charge in [0.05, 0.1) is 47.5 Å². The molecule has 5 aromatic carbocycles. The number of aromatic amines is 1. The Kier molecular flexibility index (Phi) is 9.49. The summed E-state index contributed by atoms with van der Waals surface area (Å²) in [7, 11) is 0. The van der Waals surface area contributed by atoms with Crippen LogP contribution in [0.2, 0.25) is 0 Å². The van der Waals surface area contributed by atoms with Crippen LogP contribution in [0.1, 0.15) is 80.7 Å². The highest BCUT2D eigenvalue weighted by atomic mass is 16.7. The van der Waals surface area contributed by atoms with Gasteiger partial charge in [-0.05, 0) is 77.1 Å². The predicted octanol–water partition coefficient (Wildman–Crippen LogP) is 7.17. The summed E-state index contributed by atoms with van der Waals surface area (Å²) in [6.45, 7) is 2.60. The van der Waals surface area contributed by atoms with Crippen LogP contribution in [0, 0.1) is 0 Å². The van der Waals surface area contributed by atoms with Gasteiger partial charge in [0.1, 0.15) is 0 Å². The Bertz CT molecular complexity index is 2390. The molecule has 10 heteroatoms. The van der Waals surface area contributed by atoms with Gasteiger partial charge in [0.2, 0.25) is 0 Å². The maximum atomic E-state index is 13.1. The van der Waals surface area contributed by atoms with Gasteiger partial charge in [0.15, 0.2) is 6.29 Å². The lowest BCUT2D eigenvalue weighted by Gasteiger charge is -2.40. The number of nitrogens with zero attached hydrogens (tertiary/aromatic N) is 3. The van der Waals surface area contributed by atoms with Gasteiger partial charge in [-0.3, -0.25) is 19.1 Å². The first-order valence-corrected chi connectivity index (χ1v) is 19.0. The van der Waals surface area contributed by atoms with Crippen molar-refractivity contribution in [2.75, 3.05) is 19.6 Å². The highest BCUT2D eigenvalue weighted by Gasteiger charge is 2.36. The molecule has 9 rings (SSSR count). The smallest absolute Gasteiger partial charge is 0.326 e. The minimum atomic E-state index is -0.620. The lowest BCUT2D eigenvalue weighted by atomic mass is 9.97. The number of fused-ring (bicyclic) bond motifs is 2. The van der Waals surface area contributed by atoms with Crippen molar-refractivity contribution in [2.45, 2.75) is 57.0 Å². The lowest BCUT2D eigenvalue weighted by molar-refractivity contribution is -0.253. The van der Waals surface area contributed by atoms with Crippen LogP contribution >= 0.6 is 0 Å². The van der Waals surface area contributed by atoms with Crippen molar-refractivity contribution in [1.29, 1.82) is 0 Å². The largest absolute Gasteiger partial charge is 0.392 e. The molecule has 3 unspecified atom stereocenters. The van der Waals surface area contributed by atoms with Crippen LogP contribution in [0.25, 0.3) is 22.2 Å². The molecule has 3 atom stereocenters. The fourth-order valence-corrected chi connectivity index (χ4v) is 8.40. The topological polar surface area (TPSA) is 117 Å². The van der Waals surface area contributed by atoms with Crippen molar-refractivity contribution in [3.8, 4) is 11.1 Å². The van der Waals surface area contributed by atoms with E-state index in [0.717, 1.165) is 76.9 Å². The van der Waals surface area contributed by atoms with E-state index in [-0.39, 0.29) is 48.9 Å². The molecule has 3 aliphatic rings. The van der Waals surface area contributed by atoms with E-state index in [2.05, 4.69) is 16.0 Å². The number of aromatic nitrogens is 2. The summed E-state index contributed by atoms with van der Waals surface area (Å²) in [5.41, 5.74) is 8.20. The number of aliphatic hydroxyl groups excluding tert-OH is 1. The van der Waals surface area contributed by atoms with Gasteiger partial charge in [0.25, 0.3) is 11.8 Å². The molecule has 2 N–H and O–H groups in total. The van der Waals surface area contributed by atoms with Gasteiger partial charge < -0.3 is 24.5 Å². The molecule has 6 aromatic rings. The Morgan fingerprint density at radius 3 is 2.13 bits per heavy atom. The Morgan fingerprint density at radius 1 is 0.691 bits per heavy atom. The summed E-state index contributed by atoms with van der Waals surface area (Å²) in [5, 5.41) is 9.66. The van der Waals surface area contributed by atoms with Crippen LogP contribution in [0.15, 0.2) is 126 Å². The normalized spacial score (nSPS) is 20.7. The first-order valence-electron chi connectivity index (χ1n) is 19.0. The van der Waals surface area contributed by atoms with Gasteiger partial charge in [0, 0.05) is 37.7 Å². The van der Waals surface area contributed by atoms with Crippen LogP contribution in [-0.2, 0) is 22.6 Å². The number of rotatable bonds is 9. The number of benzene rings is 5. The van der Waals surface area contributed by atoms with Crippen molar-refractivity contribution >= 4 is 22.8 Å². The molecule has 0 bridgehead atoms. The van der Waals surface area contributed by atoms with Crippen molar-refractivity contribution < 1.29 is 24.2 Å². The summed E-state index contributed by atoms with van der Waals surface area (Å²) in [6.07, 6.45) is 1.47. The maximum Gasteiger partial charge on any atom is 0.326 e. The summed E-state index contributed by atoms with van der Waals surface area (Å²) in [4.78, 5) is 45.8. The predicted molar refractivity (Wildman–Crippen MR) is 208 cm³/mol. The fourth-order valence-electron chi connectivity index (χ4n) is 8.40. The average molecular weight is 735 g/mol. The number of imide groups is 1. The second-order valence-electron chi connectivity index (χ2n) is 14.8. The molecule has 0 spiro atoms. The first kappa shape index (κ1) is 35.1. The van der Waals surface area contributed by atoms with E-state index in [1.165, 1.54) is 4.90 Å². The number of piperidine rings is 1. The molecule has 278 valence electrons. The minimum absolute atomic E-state index is 0.0208. The summed E-state index contributed by atoms with van der Waals surface area (Å²) < 4.78 is 15.4. The van der Waals surface area contributed by atoms with E-state index in [9.17, 15) is 19.5 Å². The van der Waals surface area contributed by atoms with E-state index >= 15 is 0 Å². The molecule has 4 heterocycles. The number of likely N-dealkylation sites (tertiary alicyclic amines) is 1. The van der Waals surface area contributed by atoms with Crippen molar-refractivity contribution in [1.82, 2.24) is 19.4 Å². The number of carbonyl (C=O) groups excluding carboxylic acids is 2. The van der Waals surface area contributed by atoms with Crippen molar-refractivity contribution in [2.24, 2.45) is 0 Å². The van der Waals surface area contributed by atoms with Crippen LogP contribution in [0.5, 0.6) is 0 Å². The molecule has 0 radical (unpaired) electrons. The van der Waals surface area contributed by atoms with Gasteiger partial charge in [-0.15, -0.1) is 0 Å². The van der Waals surface area contributed by atoms with Crippen LogP contribution in [0.3, 0.4) is 0 Å². The quantitative estimate of drug-likeness (QED) is 0.151. The monoisotopic (exact) mass is 734 g/mol. The zero-order valence-electron chi connectivity index (χ0n) is 30.3. The molecule has 3 aliphatic heterocycles. The van der Waals surface area contributed by atoms with Gasteiger partial charge >= 0.3 is 5.69 Å². The Morgan fingerprint density at radius 2 is 1.38 bits per heavy atom. The van der Waals surface area contributed by atoms with Gasteiger partial charge in [-0.2, -0.15) is 0 Å². The summed E-state index contributed by atoms with van der Waals surface area (Å²) in [6, 6.07) is 39.0. The van der Waals surface area contributed by atoms with Crippen LogP contribution in [0.4, 0.5) is 0 Å². The van der Waals surface area contributed by atoms with E-state index in [0.29, 0.717) is 17.5 Å². The standard InChI is InChI=1S/C45H42N4O6/c50-28-29-15-17-31(18-16-29)41-25-36(27-47-21-19-35(20-22-47)49-40-14-4-3-13-39(40)46-45(49)53)54-44(55-41)34-10-6-9-33(24-34)32-8-5-7-30(23-32)26-48-42(51)37-11-1-2-12-38(37)43(48)52/h1-18,23-24,35-36,41,44,50H,19-22,25-28H2,(H,46,53). The number of aliphatic hydroxyl groups is 1. The Balaban J connectivity index is 0.927. The number of amides is 2. The zero-order valence-corrected chi connectivity index (χ0v) is 30.3. The highest BCUT2D eigenvalue weighted by molar-refractivity contribution is 6.21. The first-order chi connectivity index (χ1) is 26.9. The number of hydrogen-bond donors (Lipinski definition) is 2. The lowest BCUT2D eigenvalue weighted by Crippen LogP contribution is -2.43. The Labute approximate surface area is 318 Å². The SMILES string of the molecule is O=C1c2ccccc2C(=O)N1Cc1cccc(-c2cccc(C3OC(CN4CCC(n5c(=O)[nH]c6ccccc65)CC4)CC(c4ccc(CO)cc4)O3)c2)c1. The molecule has 0 aliphatic carbocycles. The number of carbonyl (C=O) groups is 2. The molecule has 10 nitrogen and oxygen atoms in total. The second kappa shape index (κ2) is 14.9. The second-order valence-corrected chi connectivity index (χ2v) is 14.8. The maximum absolute atomic E-state index is 13.1. The number of H-pyrrole nitrogens is 1. The number of ether oxygens (including phenoxy) is 2. The molecule has 1 aromatic heterocycles. The molecule has 2 saturated heterocycles. The number of hydrogen-bond acceptors (Lipinski definition) is 7. The van der Waals surface area contributed by atoms with Gasteiger partial charge in [-0.1, -0.05) is 84.9 Å². The van der Waals surface area contributed by atoms with Crippen LogP contribution < -0.4 is 5.69 Å². The number of para-hydroxylation sites is 2. The Hall–Kier alpha value is -5.65. The molecule has 2 amide bonds. The third-order valence-corrected chi connectivity index (χ3v) is 11.3. The minimum Gasteiger partial charge on any atom is -0.392 e. The third-order valence-electron chi connectivity index (χ3n) is 11.3. The van der Waals surface area contributed by atoms with Crippen molar-refractivity contribution in [3.63, 3.8) is 0 Å². The highest BCUT2D eigenvalue weighted by Crippen LogP contribution is 2.40. The van der Waals surface area contributed by atoms with E-state index in [1.807, 2.05) is 95.6 Å². The van der Waals surface area contributed by atoms with E-state index < -0.39 is 6.29 Å². The third kappa shape index (κ3) is 6.94. The number of imidazole rings is 1. The zero-order chi connectivity index (χ0) is 37.5. The van der Waals surface area contributed by atoms with Gasteiger partial charge in [-0.25, -0.2) is 4.79 Å². The summed E-state index contributed by atoms with van der Waals surface area (Å²) >= 11 is 0. The summed E-state index contributed by atoms with van der Waals surface area (Å²) in [5.74, 6) is -0.548. The molecule has 55 heavy (non-hydrogen) atoms. The molecular weight excluding hydrogens is 693 g/mol. The van der Waals surface area contributed by atoms with Crippen LogP contribution in [-0.4, -0.2) is 62.0 Å². The molecule has 2 fully saturated rings. The molecular formula is C45H42N4O6. The molecule has 0 saturated carbocycles. The van der Waals surface area contributed by atoms with E-state index in [1.54, 1.807) is 24.3 Å². The van der Waals surface area contributed by atoms with E-state index in [4.69, 9.17) is 9.47 Å². The number of nitrogens with one attached hydrogen (secondary N) is 1.